The van der Waals surface area contributed by atoms with E-state index in [1.807, 2.05) is 31.2 Å². The van der Waals surface area contributed by atoms with Crippen molar-refractivity contribution in [3.8, 4) is 5.75 Å². The van der Waals surface area contributed by atoms with Crippen LogP contribution in [0.5, 0.6) is 5.75 Å². The highest BCUT2D eigenvalue weighted by atomic mass is 16.5. The molecular formula is C21H24N4O4. The van der Waals surface area contributed by atoms with Gasteiger partial charge in [-0.2, -0.15) is 0 Å². The average Bonchev–Trinajstić information content (AvgIpc) is 3.03. The van der Waals surface area contributed by atoms with Crippen molar-refractivity contribution in [2.45, 2.75) is 32.4 Å². The van der Waals surface area contributed by atoms with E-state index >= 15 is 0 Å². The average molecular weight is 396 g/mol. The lowest BCUT2D eigenvalue weighted by molar-refractivity contribution is -0.137. The summed E-state index contributed by atoms with van der Waals surface area (Å²) in [6.07, 6.45) is 0.752. The van der Waals surface area contributed by atoms with E-state index < -0.39 is 17.9 Å². The van der Waals surface area contributed by atoms with Gasteiger partial charge in [-0.1, -0.05) is 18.2 Å². The molecule has 3 amide bonds. The maximum absolute atomic E-state index is 12.9. The molecule has 0 saturated heterocycles. The first-order valence-corrected chi connectivity index (χ1v) is 9.28. The number of benzene rings is 2. The molecule has 1 aliphatic heterocycles. The van der Waals surface area contributed by atoms with Crippen molar-refractivity contribution in [1.82, 2.24) is 5.32 Å². The molecule has 1 aliphatic rings. The molecule has 152 valence electrons. The van der Waals surface area contributed by atoms with E-state index in [0.29, 0.717) is 17.1 Å². The van der Waals surface area contributed by atoms with E-state index in [4.69, 9.17) is 10.5 Å². The molecule has 0 radical (unpaired) electrons. The van der Waals surface area contributed by atoms with Gasteiger partial charge in [-0.3, -0.25) is 14.4 Å². The number of fused-ring (bicyclic) bond motifs is 1. The number of amides is 3. The molecule has 2 aromatic rings. The molecule has 0 saturated carbocycles. The molecule has 1 heterocycles. The molecule has 4 N–H and O–H groups in total. The summed E-state index contributed by atoms with van der Waals surface area (Å²) < 4.78 is 5.05. The number of carbonyl (C=O) groups is 3. The Morgan fingerprint density at radius 2 is 1.90 bits per heavy atom. The van der Waals surface area contributed by atoms with Gasteiger partial charge in [0.15, 0.2) is 0 Å². The van der Waals surface area contributed by atoms with Crippen LogP contribution in [-0.2, 0) is 20.8 Å². The van der Waals surface area contributed by atoms with Crippen LogP contribution in [0.1, 0.15) is 19.4 Å². The van der Waals surface area contributed by atoms with E-state index in [1.165, 1.54) is 13.2 Å². The van der Waals surface area contributed by atoms with Crippen molar-refractivity contribution in [1.29, 1.82) is 0 Å². The van der Waals surface area contributed by atoms with Crippen molar-refractivity contribution >= 4 is 34.8 Å². The number of nitrogens with zero attached hydrogens (tertiary/aromatic N) is 1. The highest BCUT2D eigenvalue weighted by Crippen LogP contribution is 2.32. The predicted octanol–water partition coefficient (Wildman–Crippen LogP) is 1.70. The summed E-state index contributed by atoms with van der Waals surface area (Å²) in [5.41, 5.74) is 8.40. The molecule has 0 spiro atoms. The number of methoxy groups -OCH3 is 1. The Bertz CT molecular complexity index is 959. The molecule has 2 atom stereocenters. The Kier molecular flexibility index (Phi) is 5.72. The summed E-state index contributed by atoms with van der Waals surface area (Å²) >= 11 is 0. The second-order valence-electron chi connectivity index (χ2n) is 7.00. The van der Waals surface area contributed by atoms with Gasteiger partial charge in [0.2, 0.25) is 5.91 Å². The van der Waals surface area contributed by atoms with Gasteiger partial charge in [0.1, 0.15) is 11.8 Å². The molecule has 0 bridgehead atoms. The van der Waals surface area contributed by atoms with E-state index in [2.05, 4.69) is 10.6 Å². The van der Waals surface area contributed by atoms with Gasteiger partial charge >= 0.3 is 11.8 Å². The highest BCUT2D eigenvalue weighted by Gasteiger charge is 2.34. The van der Waals surface area contributed by atoms with Crippen LogP contribution in [0.2, 0.25) is 0 Å². The van der Waals surface area contributed by atoms with Crippen LogP contribution in [0.25, 0.3) is 0 Å². The van der Waals surface area contributed by atoms with Crippen molar-refractivity contribution in [2.75, 3.05) is 23.1 Å². The maximum atomic E-state index is 12.9. The van der Waals surface area contributed by atoms with E-state index in [-0.39, 0.29) is 11.9 Å². The van der Waals surface area contributed by atoms with Crippen molar-refractivity contribution in [2.24, 2.45) is 0 Å². The first-order chi connectivity index (χ1) is 13.8. The molecule has 8 nitrogen and oxygen atoms in total. The number of hydrogen-bond acceptors (Lipinski definition) is 5. The summed E-state index contributed by atoms with van der Waals surface area (Å²) in [7, 11) is 1.48. The second kappa shape index (κ2) is 8.22. The molecule has 8 heteroatoms. The second-order valence-corrected chi connectivity index (χ2v) is 7.00. The lowest BCUT2D eigenvalue weighted by Gasteiger charge is -2.26. The SMILES string of the molecule is COc1ccc(NC(=O)C(=O)NC(C)C(=O)N2c3ccccc3CC2C)cc1N. The van der Waals surface area contributed by atoms with Gasteiger partial charge in [0, 0.05) is 17.4 Å². The van der Waals surface area contributed by atoms with Crippen LogP contribution >= 0.6 is 0 Å². The van der Waals surface area contributed by atoms with Gasteiger partial charge in [-0.25, -0.2) is 0 Å². The maximum Gasteiger partial charge on any atom is 0.313 e. The third-order valence-electron chi connectivity index (χ3n) is 4.86. The minimum atomic E-state index is -0.902. The van der Waals surface area contributed by atoms with Crippen LogP contribution in [0.3, 0.4) is 0 Å². The van der Waals surface area contributed by atoms with Gasteiger partial charge in [0.25, 0.3) is 0 Å². The fourth-order valence-corrected chi connectivity index (χ4v) is 3.43. The molecule has 29 heavy (non-hydrogen) atoms. The van der Waals surface area contributed by atoms with Crippen molar-refractivity contribution in [3.05, 3.63) is 48.0 Å². The van der Waals surface area contributed by atoms with Crippen LogP contribution in [-0.4, -0.2) is 36.9 Å². The molecule has 2 aromatic carbocycles. The van der Waals surface area contributed by atoms with Gasteiger partial charge in [-0.05, 0) is 50.1 Å². The minimum Gasteiger partial charge on any atom is -0.495 e. The van der Waals surface area contributed by atoms with Gasteiger partial charge in [-0.15, -0.1) is 0 Å². The number of nitrogen functional groups attached to an aromatic ring is 1. The quantitative estimate of drug-likeness (QED) is 0.538. The molecule has 0 aromatic heterocycles. The zero-order valence-electron chi connectivity index (χ0n) is 16.6. The van der Waals surface area contributed by atoms with E-state index in [1.54, 1.807) is 24.0 Å². The standard InChI is InChI=1S/C21H24N4O4/c1-12-10-14-6-4-5-7-17(14)25(12)21(28)13(2)23-19(26)20(27)24-15-8-9-18(29-3)16(22)11-15/h4-9,11-13H,10,22H2,1-3H3,(H,23,26)(H,24,27). The monoisotopic (exact) mass is 396 g/mol. The number of anilines is 3. The number of nitrogens with one attached hydrogen (secondary N) is 2. The Labute approximate surface area is 169 Å². The van der Waals surface area contributed by atoms with Gasteiger partial charge < -0.3 is 26.0 Å². The fraction of sp³-hybridized carbons (Fsp3) is 0.286. The number of ether oxygens (including phenoxy) is 1. The Hall–Kier alpha value is -3.55. The first-order valence-electron chi connectivity index (χ1n) is 9.28. The molecular weight excluding hydrogens is 372 g/mol. The summed E-state index contributed by atoms with van der Waals surface area (Å²) in [4.78, 5) is 39.0. The summed E-state index contributed by atoms with van der Waals surface area (Å²) in [6.45, 7) is 3.51. The van der Waals surface area contributed by atoms with Crippen LogP contribution in [0.15, 0.2) is 42.5 Å². The van der Waals surface area contributed by atoms with Crippen LogP contribution in [0.4, 0.5) is 17.1 Å². The summed E-state index contributed by atoms with van der Waals surface area (Å²) in [5.74, 6) is -1.59. The molecule has 0 aliphatic carbocycles. The summed E-state index contributed by atoms with van der Waals surface area (Å²) in [6, 6.07) is 11.4. The number of nitrogens with two attached hydrogens (primary N) is 1. The van der Waals surface area contributed by atoms with Crippen LogP contribution in [0, 0.1) is 0 Å². The molecule has 2 unspecified atom stereocenters. The zero-order valence-corrected chi connectivity index (χ0v) is 16.6. The Balaban J connectivity index is 1.63. The normalized spacial score (nSPS) is 16.0. The van der Waals surface area contributed by atoms with E-state index in [0.717, 1.165) is 17.7 Å². The van der Waals surface area contributed by atoms with Gasteiger partial charge in [0.05, 0.1) is 12.8 Å². The number of carbonyl (C=O) groups excluding carboxylic acids is 3. The number of rotatable bonds is 4. The fourth-order valence-electron chi connectivity index (χ4n) is 3.43. The third-order valence-corrected chi connectivity index (χ3v) is 4.86. The predicted molar refractivity (Wildman–Crippen MR) is 111 cm³/mol. The smallest absolute Gasteiger partial charge is 0.313 e. The molecule has 0 fully saturated rings. The number of para-hydroxylation sites is 1. The Morgan fingerprint density at radius 3 is 2.59 bits per heavy atom. The minimum absolute atomic E-state index is 0.0182. The lowest BCUT2D eigenvalue weighted by Crippen LogP contribution is -2.51. The highest BCUT2D eigenvalue weighted by molar-refractivity contribution is 6.40. The molecule has 3 rings (SSSR count). The van der Waals surface area contributed by atoms with E-state index in [9.17, 15) is 14.4 Å². The first kappa shape index (κ1) is 20.2. The summed E-state index contributed by atoms with van der Waals surface area (Å²) in [5, 5.41) is 4.93. The zero-order chi connectivity index (χ0) is 21.1. The number of hydrogen-bond donors (Lipinski definition) is 3. The topological polar surface area (TPSA) is 114 Å². The lowest BCUT2D eigenvalue weighted by atomic mass is 10.1. The van der Waals surface area contributed by atoms with Crippen molar-refractivity contribution < 1.29 is 19.1 Å². The third kappa shape index (κ3) is 4.16. The van der Waals surface area contributed by atoms with Crippen LogP contribution < -0.4 is 26.0 Å². The largest absolute Gasteiger partial charge is 0.495 e. The Morgan fingerprint density at radius 1 is 1.17 bits per heavy atom. The van der Waals surface area contributed by atoms with Crippen molar-refractivity contribution in [3.63, 3.8) is 0 Å².